The molecule has 0 N–H and O–H groups in total. The van der Waals surface area contributed by atoms with E-state index in [1.165, 1.54) is 15.6 Å². The van der Waals surface area contributed by atoms with Gasteiger partial charge in [-0.2, -0.15) is 4.31 Å². The number of piperidine rings is 1. The van der Waals surface area contributed by atoms with Crippen LogP contribution in [-0.2, 0) is 15.9 Å². The molecule has 2 rings (SSSR count). The third-order valence-electron chi connectivity index (χ3n) is 3.52. The van der Waals surface area contributed by atoms with Crippen LogP contribution in [0.2, 0.25) is 0 Å². The van der Waals surface area contributed by atoms with E-state index in [9.17, 15) is 8.42 Å². The summed E-state index contributed by atoms with van der Waals surface area (Å²) in [4.78, 5) is 3.06. The first kappa shape index (κ1) is 15.3. The molecule has 19 heavy (non-hydrogen) atoms. The summed E-state index contributed by atoms with van der Waals surface area (Å²) in [6, 6.07) is 3.50. The number of likely N-dealkylation sites (tertiary alicyclic amines) is 1. The Morgan fingerprint density at radius 3 is 2.84 bits per heavy atom. The van der Waals surface area contributed by atoms with Crippen LogP contribution in [0.3, 0.4) is 0 Å². The second kappa shape index (κ2) is 6.10. The molecular weight excluding hydrogens is 304 g/mol. The van der Waals surface area contributed by atoms with Crippen LogP contribution < -0.4 is 0 Å². The summed E-state index contributed by atoms with van der Waals surface area (Å²) in [6.07, 6.45) is 1.96. The molecule has 2 heterocycles. The van der Waals surface area contributed by atoms with E-state index in [4.69, 9.17) is 11.6 Å². The van der Waals surface area contributed by atoms with Crippen LogP contribution in [-0.4, -0.2) is 50.8 Å². The zero-order chi connectivity index (χ0) is 14.0. The highest BCUT2D eigenvalue weighted by Crippen LogP contribution is 2.28. The summed E-state index contributed by atoms with van der Waals surface area (Å²) in [5.74, 6) is 0.357. The Labute approximate surface area is 124 Å². The van der Waals surface area contributed by atoms with Crippen molar-refractivity contribution in [1.29, 1.82) is 0 Å². The molecule has 4 nitrogen and oxygen atoms in total. The Kier molecular flexibility index (Phi) is 4.89. The lowest BCUT2D eigenvalue weighted by molar-refractivity contribution is 0.188. The first-order chi connectivity index (χ1) is 8.95. The van der Waals surface area contributed by atoms with Gasteiger partial charge < -0.3 is 4.90 Å². The van der Waals surface area contributed by atoms with Crippen molar-refractivity contribution in [2.75, 3.05) is 27.2 Å². The minimum Gasteiger partial charge on any atom is -0.305 e. The van der Waals surface area contributed by atoms with Crippen molar-refractivity contribution in [3.63, 3.8) is 0 Å². The molecule has 108 valence electrons. The molecule has 1 unspecified atom stereocenters. The third-order valence-corrected chi connectivity index (χ3v) is 7.42. The molecule has 0 aromatic carbocycles. The summed E-state index contributed by atoms with van der Waals surface area (Å²) < 4.78 is 27.0. The lowest BCUT2D eigenvalue weighted by atomic mass is 10.1. The molecule has 1 fully saturated rings. The predicted molar refractivity (Wildman–Crippen MR) is 79.3 cm³/mol. The van der Waals surface area contributed by atoms with Gasteiger partial charge in [-0.05, 0) is 38.6 Å². The Hall–Kier alpha value is -0.140. The molecule has 0 bridgehead atoms. The van der Waals surface area contributed by atoms with Crippen molar-refractivity contribution >= 4 is 33.0 Å². The van der Waals surface area contributed by atoms with E-state index in [1.807, 2.05) is 7.05 Å². The highest BCUT2D eigenvalue weighted by atomic mass is 35.5. The fourth-order valence-electron chi connectivity index (χ4n) is 2.34. The Balaban J connectivity index is 2.18. The molecular formula is C12H19ClN2O2S2. The van der Waals surface area contributed by atoms with Crippen molar-refractivity contribution in [3.05, 3.63) is 17.0 Å². The van der Waals surface area contributed by atoms with Gasteiger partial charge in [0, 0.05) is 24.5 Å². The number of alkyl halides is 1. The number of hydrogen-bond acceptors (Lipinski definition) is 4. The molecule has 1 aromatic heterocycles. The van der Waals surface area contributed by atoms with E-state index in [0.717, 1.165) is 30.8 Å². The second-order valence-corrected chi connectivity index (χ2v) is 8.59. The number of sulfonamides is 1. The second-order valence-electron chi connectivity index (χ2n) is 4.93. The first-order valence-electron chi connectivity index (χ1n) is 6.26. The van der Waals surface area contributed by atoms with Crippen LogP contribution in [0.5, 0.6) is 0 Å². The van der Waals surface area contributed by atoms with Gasteiger partial charge in [-0.1, -0.05) is 0 Å². The molecule has 7 heteroatoms. The van der Waals surface area contributed by atoms with E-state index in [0.29, 0.717) is 10.1 Å². The Bertz CT molecular complexity index is 530. The van der Waals surface area contributed by atoms with Gasteiger partial charge in [-0.3, -0.25) is 0 Å². The summed E-state index contributed by atoms with van der Waals surface area (Å²) >= 11 is 6.99. The average Bonchev–Trinajstić information content (AvgIpc) is 2.87. The topological polar surface area (TPSA) is 40.6 Å². The smallest absolute Gasteiger partial charge is 0.252 e. The van der Waals surface area contributed by atoms with Crippen molar-refractivity contribution in [1.82, 2.24) is 9.21 Å². The molecule has 1 aliphatic heterocycles. The number of thiophene rings is 1. The largest absolute Gasteiger partial charge is 0.305 e. The standard InChI is InChI=1S/C12H19ClN2O2S2/c1-14-7-3-4-10(9-14)15(2)19(16,17)12-6-5-11(8-13)18-12/h5-6,10H,3-4,7-9H2,1-2H3. The summed E-state index contributed by atoms with van der Waals surface area (Å²) in [7, 11) is 0.326. The lowest BCUT2D eigenvalue weighted by Gasteiger charge is -2.34. The summed E-state index contributed by atoms with van der Waals surface area (Å²) in [5.41, 5.74) is 0. The van der Waals surface area contributed by atoms with E-state index < -0.39 is 10.0 Å². The van der Waals surface area contributed by atoms with Crippen molar-refractivity contribution in [3.8, 4) is 0 Å². The fraction of sp³-hybridized carbons (Fsp3) is 0.667. The molecule has 0 saturated carbocycles. The first-order valence-corrected chi connectivity index (χ1v) is 9.05. The van der Waals surface area contributed by atoms with Crippen LogP contribution in [0, 0.1) is 0 Å². The van der Waals surface area contributed by atoms with Gasteiger partial charge in [0.15, 0.2) is 0 Å². The van der Waals surface area contributed by atoms with Gasteiger partial charge >= 0.3 is 0 Å². The predicted octanol–water partition coefficient (Wildman–Crippen LogP) is 2.20. The minimum atomic E-state index is -3.38. The summed E-state index contributed by atoms with van der Waals surface area (Å²) in [5, 5.41) is 0. The monoisotopic (exact) mass is 322 g/mol. The third kappa shape index (κ3) is 3.31. The molecule has 0 amide bonds. The quantitative estimate of drug-likeness (QED) is 0.798. The zero-order valence-electron chi connectivity index (χ0n) is 11.2. The van der Waals surface area contributed by atoms with Crippen molar-refractivity contribution in [2.24, 2.45) is 0 Å². The lowest BCUT2D eigenvalue weighted by Crippen LogP contribution is -2.47. The number of rotatable bonds is 4. The molecule has 1 aromatic rings. The Morgan fingerprint density at radius 2 is 2.26 bits per heavy atom. The maximum Gasteiger partial charge on any atom is 0.252 e. The van der Waals surface area contributed by atoms with Crippen LogP contribution in [0.25, 0.3) is 0 Å². The maximum atomic E-state index is 12.5. The van der Waals surface area contributed by atoms with Gasteiger partial charge in [0.2, 0.25) is 0 Å². The SMILES string of the molecule is CN1CCCC(N(C)S(=O)(=O)c2ccc(CCl)s2)C1. The number of hydrogen-bond donors (Lipinski definition) is 0. The van der Waals surface area contributed by atoms with Gasteiger partial charge in [-0.25, -0.2) is 8.42 Å². The number of likely N-dealkylation sites (N-methyl/N-ethyl adjacent to an activating group) is 2. The fourth-order valence-corrected chi connectivity index (χ4v) is 5.36. The molecule has 1 saturated heterocycles. The van der Waals surface area contributed by atoms with E-state index in [2.05, 4.69) is 4.90 Å². The Morgan fingerprint density at radius 1 is 1.53 bits per heavy atom. The summed E-state index contributed by atoms with van der Waals surface area (Å²) in [6.45, 7) is 1.84. The van der Waals surface area contributed by atoms with Crippen LogP contribution >= 0.6 is 22.9 Å². The van der Waals surface area contributed by atoms with Gasteiger partial charge in [0.05, 0.1) is 5.88 Å². The van der Waals surface area contributed by atoms with E-state index in [1.54, 1.807) is 19.2 Å². The van der Waals surface area contributed by atoms with Gasteiger partial charge in [0.25, 0.3) is 10.0 Å². The highest BCUT2D eigenvalue weighted by Gasteiger charge is 2.31. The average molecular weight is 323 g/mol. The number of nitrogens with zero attached hydrogens (tertiary/aromatic N) is 2. The van der Waals surface area contributed by atoms with Crippen LogP contribution in [0.4, 0.5) is 0 Å². The molecule has 0 spiro atoms. The van der Waals surface area contributed by atoms with Gasteiger partial charge in [0.1, 0.15) is 4.21 Å². The number of halogens is 1. The molecule has 1 atom stereocenters. The zero-order valence-corrected chi connectivity index (χ0v) is 13.6. The van der Waals surface area contributed by atoms with Crippen molar-refractivity contribution in [2.45, 2.75) is 29.0 Å². The van der Waals surface area contributed by atoms with Crippen LogP contribution in [0.15, 0.2) is 16.3 Å². The maximum absolute atomic E-state index is 12.5. The highest BCUT2D eigenvalue weighted by molar-refractivity contribution is 7.91. The van der Waals surface area contributed by atoms with E-state index in [-0.39, 0.29) is 6.04 Å². The molecule has 0 radical (unpaired) electrons. The molecule has 0 aliphatic carbocycles. The molecule has 1 aliphatic rings. The van der Waals surface area contributed by atoms with Gasteiger partial charge in [-0.15, -0.1) is 22.9 Å². The van der Waals surface area contributed by atoms with Crippen LogP contribution in [0.1, 0.15) is 17.7 Å². The minimum absolute atomic E-state index is 0.0605. The normalized spacial score (nSPS) is 22.0. The van der Waals surface area contributed by atoms with E-state index >= 15 is 0 Å². The van der Waals surface area contributed by atoms with Crippen molar-refractivity contribution < 1.29 is 8.42 Å².